The zero-order valence-corrected chi connectivity index (χ0v) is 10.7. The molecule has 1 unspecified atom stereocenters. The van der Waals surface area contributed by atoms with Gasteiger partial charge < -0.3 is 5.32 Å². The maximum Gasteiger partial charge on any atom is 0.197 e. The maximum atomic E-state index is 5.84. The molecule has 0 saturated heterocycles. The van der Waals surface area contributed by atoms with Gasteiger partial charge in [-0.2, -0.15) is 5.10 Å². The zero-order chi connectivity index (χ0) is 12.5. The molecule has 2 aliphatic heterocycles. The van der Waals surface area contributed by atoms with E-state index in [4.69, 9.17) is 23.2 Å². The van der Waals surface area contributed by atoms with E-state index < -0.39 is 0 Å². The van der Waals surface area contributed by atoms with Crippen molar-refractivity contribution in [3.8, 4) is 0 Å². The standard InChI is InChI=1S/C11H9Cl2N5/c12-7-1-3-8(4-2-7)15-11-17-16-10-5-9(13)14-6-18(10)11/h1-6,11,15,17H. The highest BCUT2D eigenvalue weighted by atomic mass is 35.5. The van der Waals surface area contributed by atoms with E-state index in [1.54, 1.807) is 12.4 Å². The monoisotopic (exact) mass is 281 g/mol. The summed E-state index contributed by atoms with van der Waals surface area (Å²) in [4.78, 5) is 5.87. The molecule has 3 rings (SSSR count). The summed E-state index contributed by atoms with van der Waals surface area (Å²) in [6.07, 6.45) is 3.14. The Balaban J connectivity index is 1.73. The first kappa shape index (κ1) is 11.4. The van der Waals surface area contributed by atoms with Crippen molar-refractivity contribution in [2.45, 2.75) is 6.29 Å². The van der Waals surface area contributed by atoms with Crippen LogP contribution < -0.4 is 10.7 Å². The maximum absolute atomic E-state index is 5.84. The van der Waals surface area contributed by atoms with Crippen LogP contribution in [-0.2, 0) is 0 Å². The minimum Gasteiger partial charge on any atom is -0.347 e. The number of anilines is 1. The molecule has 2 N–H and O–H groups in total. The lowest BCUT2D eigenvalue weighted by atomic mass is 10.3. The molecule has 0 spiro atoms. The highest BCUT2D eigenvalue weighted by molar-refractivity contribution is 6.32. The molecule has 0 saturated carbocycles. The molecule has 0 amide bonds. The summed E-state index contributed by atoms with van der Waals surface area (Å²) in [5.74, 6) is 0.724. The van der Waals surface area contributed by atoms with Crippen LogP contribution in [0.2, 0.25) is 5.02 Å². The molecule has 0 bridgehead atoms. The Labute approximate surface area is 114 Å². The fourth-order valence-corrected chi connectivity index (χ4v) is 1.95. The van der Waals surface area contributed by atoms with E-state index in [9.17, 15) is 0 Å². The van der Waals surface area contributed by atoms with Crippen LogP contribution in [0.1, 0.15) is 0 Å². The third-order valence-corrected chi connectivity index (χ3v) is 3.00. The summed E-state index contributed by atoms with van der Waals surface area (Å²) >= 11 is 11.6. The van der Waals surface area contributed by atoms with Gasteiger partial charge in [0, 0.05) is 16.8 Å². The third kappa shape index (κ3) is 2.14. The third-order valence-electron chi connectivity index (χ3n) is 2.55. The molecule has 0 aliphatic carbocycles. The number of benzene rings is 1. The number of amidine groups is 1. The fraction of sp³-hybridized carbons (Fsp3) is 0.0909. The van der Waals surface area contributed by atoms with E-state index in [-0.39, 0.29) is 6.29 Å². The van der Waals surface area contributed by atoms with E-state index in [0.717, 1.165) is 11.5 Å². The van der Waals surface area contributed by atoms with Gasteiger partial charge in [-0.05, 0) is 24.3 Å². The minimum atomic E-state index is -0.189. The van der Waals surface area contributed by atoms with Gasteiger partial charge in [0.2, 0.25) is 0 Å². The molecule has 92 valence electrons. The number of hydrazone groups is 1. The molecule has 1 atom stereocenters. The highest BCUT2D eigenvalue weighted by Gasteiger charge is 2.27. The first-order valence-electron chi connectivity index (χ1n) is 5.27. The summed E-state index contributed by atoms with van der Waals surface area (Å²) in [6.45, 7) is 0. The number of halogens is 2. The van der Waals surface area contributed by atoms with Crippen LogP contribution >= 0.6 is 23.2 Å². The van der Waals surface area contributed by atoms with E-state index in [1.165, 1.54) is 0 Å². The summed E-state index contributed by atoms with van der Waals surface area (Å²) < 4.78 is 0. The van der Waals surface area contributed by atoms with Crippen molar-refractivity contribution >= 4 is 41.1 Å². The summed E-state index contributed by atoms with van der Waals surface area (Å²) in [6, 6.07) is 7.43. The topological polar surface area (TPSA) is 52.0 Å². The van der Waals surface area contributed by atoms with Gasteiger partial charge in [-0.25, -0.2) is 4.99 Å². The molecule has 0 radical (unpaired) electrons. The van der Waals surface area contributed by atoms with E-state index in [1.807, 2.05) is 29.2 Å². The number of nitrogens with zero attached hydrogens (tertiary/aromatic N) is 3. The van der Waals surface area contributed by atoms with E-state index in [0.29, 0.717) is 10.2 Å². The lowest BCUT2D eigenvalue weighted by molar-refractivity contribution is 0.461. The van der Waals surface area contributed by atoms with Crippen LogP contribution in [-0.4, -0.2) is 23.4 Å². The van der Waals surface area contributed by atoms with Crippen molar-refractivity contribution in [2.24, 2.45) is 10.1 Å². The minimum absolute atomic E-state index is 0.189. The van der Waals surface area contributed by atoms with Crippen molar-refractivity contribution in [2.75, 3.05) is 5.32 Å². The van der Waals surface area contributed by atoms with Crippen LogP contribution in [0.5, 0.6) is 0 Å². The molecule has 2 heterocycles. The van der Waals surface area contributed by atoms with Gasteiger partial charge in [0.25, 0.3) is 0 Å². The van der Waals surface area contributed by atoms with Crippen LogP contribution in [0.15, 0.2) is 45.6 Å². The lowest BCUT2D eigenvalue weighted by Gasteiger charge is -2.24. The summed E-state index contributed by atoms with van der Waals surface area (Å²) in [7, 11) is 0. The smallest absolute Gasteiger partial charge is 0.197 e. The molecule has 0 aromatic heterocycles. The average molecular weight is 282 g/mol. The molecule has 5 nitrogen and oxygen atoms in total. The van der Waals surface area contributed by atoms with Gasteiger partial charge >= 0.3 is 0 Å². The molecule has 7 heteroatoms. The molecule has 1 aromatic rings. The molecule has 18 heavy (non-hydrogen) atoms. The number of hydrogen-bond donors (Lipinski definition) is 2. The highest BCUT2D eigenvalue weighted by Crippen LogP contribution is 2.18. The first-order valence-corrected chi connectivity index (χ1v) is 6.03. The average Bonchev–Trinajstić information content (AvgIpc) is 2.74. The second-order valence-corrected chi connectivity index (χ2v) is 4.60. The molecule has 0 fully saturated rings. The number of rotatable bonds is 2. The van der Waals surface area contributed by atoms with Crippen molar-refractivity contribution < 1.29 is 0 Å². The Morgan fingerprint density at radius 1 is 1.22 bits per heavy atom. The SMILES string of the molecule is ClC1=CC2=NNC(Nc3ccc(Cl)cc3)N2C=N1. The lowest BCUT2D eigenvalue weighted by Crippen LogP contribution is -2.45. The summed E-state index contributed by atoms with van der Waals surface area (Å²) in [5, 5.41) is 8.53. The number of hydrogen-bond acceptors (Lipinski definition) is 5. The first-order chi connectivity index (χ1) is 8.72. The Kier molecular flexibility index (Phi) is 2.85. The van der Waals surface area contributed by atoms with Crippen LogP contribution in [0.25, 0.3) is 0 Å². The van der Waals surface area contributed by atoms with Crippen LogP contribution in [0.4, 0.5) is 5.69 Å². The summed E-state index contributed by atoms with van der Waals surface area (Å²) in [5.41, 5.74) is 3.89. The van der Waals surface area contributed by atoms with Crippen molar-refractivity contribution in [1.82, 2.24) is 10.3 Å². The normalized spacial score (nSPS) is 21.0. The molecular formula is C11H9Cl2N5. The van der Waals surface area contributed by atoms with Gasteiger partial charge in [-0.3, -0.25) is 10.3 Å². The Morgan fingerprint density at radius 3 is 2.78 bits per heavy atom. The number of nitrogens with one attached hydrogen (secondary N) is 2. The largest absolute Gasteiger partial charge is 0.347 e. The Hall–Kier alpha value is -1.72. The van der Waals surface area contributed by atoms with Crippen LogP contribution in [0.3, 0.4) is 0 Å². The van der Waals surface area contributed by atoms with E-state index >= 15 is 0 Å². The van der Waals surface area contributed by atoms with Crippen LogP contribution in [0, 0.1) is 0 Å². The molecule has 1 aromatic carbocycles. The number of aliphatic imine (C=N–C) groups is 1. The number of fused-ring (bicyclic) bond motifs is 1. The van der Waals surface area contributed by atoms with E-state index in [2.05, 4.69) is 20.8 Å². The second-order valence-electron chi connectivity index (χ2n) is 3.77. The van der Waals surface area contributed by atoms with Gasteiger partial charge in [-0.1, -0.05) is 23.2 Å². The predicted molar refractivity (Wildman–Crippen MR) is 73.7 cm³/mol. The Bertz CT molecular complexity index is 549. The zero-order valence-electron chi connectivity index (χ0n) is 9.14. The van der Waals surface area contributed by atoms with Gasteiger partial charge in [0.05, 0.1) is 0 Å². The second kappa shape index (κ2) is 4.51. The van der Waals surface area contributed by atoms with Gasteiger partial charge in [0.15, 0.2) is 12.1 Å². The molecular weight excluding hydrogens is 273 g/mol. The van der Waals surface area contributed by atoms with Gasteiger partial charge in [0.1, 0.15) is 11.5 Å². The fourth-order valence-electron chi connectivity index (χ4n) is 1.68. The van der Waals surface area contributed by atoms with Crippen molar-refractivity contribution in [3.63, 3.8) is 0 Å². The van der Waals surface area contributed by atoms with Crippen molar-refractivity contribution in [3.05, 3.63) is 40.5 Å². The predicted octanol–water partition coefficient (Wildman–Crippen LogP) is 2.38. The molecule has 2 aliphatic rings. The van der Waals surface area contributed by atoms with Gasteiger partial charge in [-0.15, -0.1) is 0 Å². The van der Waals surface area contributed by atoms with Crippen molar-refractivity contribution in [1.29, 1.82) is 0 Å². The Morgan fingerprint density at radius 2 is 2.00 bits per heavy atom. The quantitative estimate of drug-likeness (QED) is 0.819.